The van der Waals surface area contributed by atoms with Crippen LogP contribution < -0.4 is 10.6 Å². The van der Waals surface area contributed by atoms with Gasteiger partial charge < -0.3 is 20.1 Å². The van der Waals surface area contributed by atoms with Gasteiger partial charge in [0.1, 0.15) is 5.60 Å². The van der Waals surface area contributed by atoms with Gasteiger partial charge >= 0.3 is 6.09 Å². The molecule has 1 saturated heterocycles. The molecule has 0 saturated carbocycles. The highest BCUT2D eigenvalue weighted by Crippen LogP contribution is 2.07. The molecular weight excluding hydrogens is 208 g/mol. The summed E-state index contributed by atoms with van der Waals surface area (Å²) in [5.41, 5.74) is -0.452. The first kappa shape index (κ1) is 13.3. The van der Waals surface area contributed by atoms with Crippen LogP contribution in [0.2, 0.25) is 0 Å². The van der Waals surface area contributed by atoms with Crippen LogP contribution in [0.15, 0.2) is 0 Å². The summed E-state index contributed by atoms with van der Waals surface area (Å²) in [6.45, 7) is 9.60. The van der Waals surface area contributed by atoms with Crippen LogP contribution in [0, 0.1) is 0 Å². The molecule has 2 unspecified atom stereocenters. The van der Waals surface area contributed by atoms with E-state index < -0.39 is 5.60 Å². The predicted octanol–water partition coefficient (Wildman–Crippen LogP) is 0.888. The van der Waals surface area contributed by atoms with Crippen LogP contribution in [0.1, 0.15) is 27.7 Å². The maximum atomic E-state index is 11.4. The first-order chi connectivity index (χ1) is 7.38. The molecule has 2 atom stereocenters. The summed E-state index contributed by atoms with van der Waals surface area (Å²) in [4.78, 5) is 11.4. The van der Waals surface area contributed by atoms with Crippen LogP contribution in [0.3, 0.4) is 0 Å². The SMILES string of the molecule is CC1OCCNC1CNC(=O)OC(C)(C)C. The second-order valence-electron chi connectivity index (χ2n) is 5.02. The van der Waals surface area contributed by atoms with Gasteiger partial charge in [-0.1, -0.05) is 0 Å². The Morgan fingerprint density at radius 2 is 2.25 bits per heavy atom. The number of ether oxygens (including phenoxy) is 2. The van der Waals surface area contributed by atoms with E-state index >= 15 is 0 Å². The Morgan fingerprint density at radius 3 is 2.81 bits per heavy atom. The fraction of sp³-hybridized carbons (Fsp3) is 0.909. The number of carbonyl (C=O) groups is 1. The number of nitrogens with one attached hydrogen (secondary N) is 2. The Morgan fingerprint density at radius 1 is 1.56 bits per heavy atom. The second-order valence-corrected chi connectivity index (χ2v) is 5.02. The van der Waals surface area contributed by atoms with Gasteiger partial charge in [0, 0.05) is 13.1 Å². The molecule has 0 aromatic rings. The van der Waals surface area contributed by atoms with Crippen molar-refractivity contribution in [3.05, 3.63) is 0 Å². The van der Waals surface area contributed by atoms with E-state index in [0.29, 0.717) is 6.54 Å². The van der Waals surface area contributed by atoms with Crippen molar-refractivity contribution in [1.29, 1.82) is 0 Å². The molecule has 1 fully saturated rings. The molecule has 16 heavy (non-hydrogen) atoms. The summed E-state index contributed by atoms with van der Waals surface area (Å²) in [6.07, 6.45) is -0.268. The lowest BCUT2D eigenvalue weighted by molar-refractivity contribution is 0.00649. The zero-order valence-corrected chi connectivity index (χ0v) is 10.5. The van der Waals surface area contributed by atoms with Crippen molar-refractivity contribution < 1.29 is 14.3 Å². The van der Waals surface area contributed by atoms with Crippen molar-refractivity contribution in [3.8, 4) is 0 Å². The Hall–Kier alpha value is -0.810. The van der Waals surface area contributed by atoms with Crippen LogP contribution in [-0.4, -0.2) is 43.5 Å². The lowest BCUT2D eigenvalue weighted by Crippen LogP contribution is -2.53. The van der Waals surface area contributed by atoms with E-state index in [1.54, 1.807) is 0 Å². The van der Waals surface area contributed by atoms with Crippen molar-refractivity contribution in [2.24, 2.45) is 0 Å². The zero-order chi connectivity index (χ0) is 12.2. The topological polar surface area (TPSA) is 59.6 Å². The Labute approximate surface area is 96.9 Å². The number of carbonyl (C=O) groups excluding carboxylic acids is 1. The maximum absolute atomic E-state index is 11.4. The Balaban J connectivity index is 2.25. The van der Waals surface area contributed by atoms with Crippen molar-refractivity contribution in [3.63, 3.8) is 0 Å². The molecule has 5 nitrogen and oxygen atoms in total. The third-order valence-electron chi connectivity index (χ3n) is 2.32. The summed E-state index contributed by atoms with van der Waals surface area (Å²) in [7, 11) is 0. The van der Waals surface area contributed by atoms with Crippen LogP contribution in [0.4, 0.5) is 4.79 Å². The number of hydrogen-bond acceptors (Lipinski definition) is 4. The van der Waals surface area contributed by atoms with Gasteiger partial charge in [-0.3, -0.25) is 0 Å². The monoisotopic (exact) mass is 230 g/mol. The highest BCUT2D eigenvalue weighted by molar-refractivity contribution is 5.67. The molecule has 0 bridgehead atoms. The first-order valence-electron chi connectivity index (χ1n) is 5.70. The fourth-order valence-electron chi connectivity index (χ4n) is 1.52. The van der Waals surface area contributed by atoms with Gasteiger partial charge in [-0.2, -0.15) is 0 Å². The molecule has 0 radical (unpaired) electrons. The number of rotatable bonds is 2. The third-order valence-corrected chi connectivity index (χ3v) is 2.32. The summed E-state index contributed by atoms with van der Waals surface area (Å²) in [6, 6.07) is 0.154. The number of hydrogen-bond donors (Lipinski definition) is 2. The Kier molecular flexibility index (Phi) is 4.56. The molecule has 5 heteroatoms. The zero-order valence-electron chi connectivity index (χ0n) is 10.5. The molecule has 1 heterocycles. The minimum atomic E-state index is -0.452. The van der Waals surface area contributed by atoms with Crippen LogP contribution in [0.25, 0.3) is 0 Å². The molecular formula is C11H22N2O3. The predicted molar refractivity (Wildman–Crippen MR) is 61.4 cm³/mol. The van der Waals surface area contributed by atoms with E-state index in [4.69, 9.17) is 9.47 Å². The van der Waals surface area contributed by atoms with Crippen LogP contribution in [0.5, 0.6) is 0 Å². The summed E-state index contributed by atoms with van der Waals surface area (Å²) < 4.78 is 10.6. The molecule has 1 rings (SSSR count). The normalized spacial score (nSPS) is 26.2. The van der Waals surface area contributed by atoms with Gasteiger partial charge in [0.05, 0.1) is 18.8 Å². The quantitative estimate of drug-likeness (QED) is 0.739. The van der Waals surface area contributed by atoms with Crippen molar-refractivity contribution in [1.82, 2.24) is 10.6 Å². The summed E-state index contributed by atoms with van der Waals surface area (Å²) >= 11 is 0. The van der Waals surface area contributed by atoms with E-state index in [1.807, 2.05) is 27.7 Å². The highest BCUT2D eigenvalue weighted by Gasteiger charge is 2.23. The minimum Gasteiger partial charge on any atom is -0.444 e. The molecule has 0 aliphatic carbocycles. The number of alkyl carbamates (subject to hydrolysis) is 1. The highest BCUT2D eigenvalue weighted by atomic mass is 16.6. The second kappa shape index (κ2) is 5.50. The van der Waals surface area contributed by atoms with Crippen molar-refractivity contribution >= 4 is 6.09 Å². The average molecular weight is 230 g/mol. The molecule has 0 aromatic heterocycles. The van der Waals surface area contributed by atoms with Crippen molar-refractivity contribution in [2.45, 2.75) is 45.4 Å². The molecule has 1 aliphatic rings. The van der Waals surface area contributed by atoms with Gasteiger partial charge in [0.2, 0.25) is 0 Å². The van der Waals surface area contributed by atoms with E-state index in [9.17, 15) is 4.79 Å². The van der Waals surface area contributed by atoms with Gasteiger partial charge in [0.15, 0.2) is 0 Å². The largest absolute Gasteiger partial charge is 0.444 e. The third kappa shape index (κ3) is 4.81. The molecule has 0 aromatic carbocycles. The Bertz CT molecular complexity index is 238. The number of morpholine rings is 1. The minimum absolute atomic E-state index is 0.115. The lowest BCUT2D eigenvalue weighted by atomic mass is 10.1. The van der Waals surface area contributed by atoms with Crippen molar-refractivity contribution in [2.75, 3.05) is 19.7 Å². The van der Waals surface area contributed by atoms with Gasteiger partial charge in [0.25, 0.3) is 0 Å². The molecule has 1 aliphatic heterocycles. The first-order valence-corrected chi connectivity index (χ1v) is 5.70. The van der Waals surface area contributed by atoms with Crippen LogP contribution >= 0.6 is 0 Å². The standard InChI is InChI=1S/C11H22N2O3/c1-8-9(12-5-6-15-8)7-13-10(14)16-11(2,3)4/h8-9,12H,5-7H2,1-4H3,(H,13,14). The molecule has 2 N–H and O–H groups in total. The molecule has 1 amide bonds. The molecule has 94 valence electrons. The molecule has 0 spiro atoms. The van der Waals surface area contributed by atoms with Gasteiger partial charge in [-0.05, 0) is 27.7 Å². The summed E-state index contributed by atoms with van der Waals surface area (Å²) in [5, 5.41) is 6.03. The smallest absolute Gasteiger partial charge is 0.407 e. The van der Waals surface area contributed by atoms with E-state index in [-0.39, 0.29) is 18.2 Å². The van der Waals surface area contributed by atoms with Gasteiger partial charge in [-0.15, -0.1) is 0 Å². The van der Waals surface area contributed by atoms with E-state index in [1.165, 1.54) is 0 Å². The number of amides is 1. The van der Waals surface area contributed by atoms with E-state index in [0.717, 1.165) is 13.2 Å². The summed E-state index contributed by atoms with van der Waals surface area (Å²) in [5.74, 6) is 0. The maximum Gasteiger partial charge on any atom is 0.407 e. The lowest BCUT2D eigenvalue weighted by Gasteiger charge is -2.30. The van der Waals surface area contributed by atoms with Crippen LogP contribution in [-0.2, 0) is 9.47 Å². The van der Waals surface area contributed by atoms with Gasteiger partial charge in [-0.25, -0.2) is 4.79 Å². The fourth-order valence-corrected chi connectivity index (χ4v) is 1.52. The average Bonchev–Trinajstić information content (AvgIpc) is 2.14. The van der Waals surface area contributed by atoms with E-state index in [2.05, 4.69) is 10.6 Å².